The van der Waals surface area contributed by atoms with E-state index in [1.165, 1.54) is 0 Å². The molecule has 0 aliphatic carbocycles. The number of carboxylic acids is 3. The summed E-state index contributed by atoms with van der Waals surface area (Å²) in [5.74, 6) is -0.609. The fourth-order valence-electron chi connectivity index (χ4n) is 2.41. The van der Waals surface area contributed by atoms with E-state index < -0.39 is 67.1 Å². The minimum absolute atomic E-state index is 0. The smallest absolute Gasteiger partial charge is 0.327 e. The van der Waals surface area contributed by atoms with E-state index >= 15 is 0 Å². The van der Waals surface area contributed by atoms with Crippen LogP contribution in [0.5, 0.6) is 0 Å². The zero-order valence-electron chi connectivity index (χ0n) is 12.0. The second-order valence-electron chi connectivity index (χ2n) is 5.29. The van der Waals surface area contributed by atoms with E-state index in [1.807, 2.05) is 0 Å². The average Bonchev–Trinajstić information content (AvgIpc) is 2.23. The average molecular weight is 380 g/mol. The molecule has 0 aliphatic rings. The minimum atomic E-state index is -1.88. The van der Waals surface area contributed by atoms with Crippen LogP contribution in [-0.4, -0.2) is 44.9 Å². The monoisotopic (exact) mass is 380 g/mol. The van der Waals surface area contributed by atoms with Crippen molar-refractivity contribution in [3.05, 3.63) is 0 Å². The SMILES string of the molecule is NOC(=O)CC(N)(N)CC(CC(=O)O)(CC(=O)O)CC(=O)O.[Co]. The van der Waals surface area contributed by atoms with Gasteiger partial charge in [-0.25, -0.2) is 0 Å². The van der Waals surface area contributed by atoms with Crippen molar-refractivity contribution in [2.45, 2.75) is 37.8 Å². The molecule has 9 N–H and O–H groups in total. The maximum absolute atomic E-state index is 11.1. The van der Waals surface area contributed by atoms with Crippen LogP contribution in [0.25, 0.3) is 0 Å². The molecule has 11 nitrogen and oxygen atoms in total. The van der Waals surface area contributed by atoms with E-state index in [9.17, 15) is 19.2 Å². The summed E-state index contributed by atoms with van der Waals surface area (Å²) in [6, 6.07) is 0. The van der Waals surface area contributed by atoms with Crippen LogP contribution < -0.4 is 17.4 Å². The van der Waals surface area contributed by atoms with E-state index in [4.69, 9.17) is 26.8 Å². The zero-order chi connectivity index (χ0) is 17.6. The van der Waals surface area contributed by atoms with E-state index in [0.717, 1.165) is 0 Å². The number of carbonyl (C=O) groups excluding carboxylic acids is 1. The van der Waals surface area contributed by atoms with Gasteiger partial charge in [0, 0.05) is 22.2 Å². The predicted octanol–water partition coefficient (Wildman–Crippen LogP) is -1.79. The first-order valence-corrected chi connectivity index (χ1v) is 6.04. The van der Waals surface area contributed by atoms with Gasteiger partial charge in [0.05, 0.1) is 31.3 Å². The van der Waals surface area contributed by atoms with Crippen molar-refractivity contribution in [1.29, 1.82) is 0 Å². The molecule has 135 valence electrons. The molecule has 0 rings (SSSR count). The molecule has 0 bridgehead atoms. The Kier molecular flexibility index (Phi) is 9.63. The topological polar surface area (TPSA) is 216 Å². The molecule has 0 saturated heterocycles. The van der Waals surface area contributed by atoms with Gasteiger partial charge in [-0.05, 0) is 6.42 Å². The van der Waals surface area contributed by atoms with Crippen LogP contribution in [0.2, 0.25) is 0 Å². The van der Waals surface area contributed by atoms with Crippen LogP contribution in [-0.2, 0) is 40.8 Å². The number of rotatable bonds is 10. The molecular formula is C11H19CoN3O8. The van der Waals surface area contributed by atoms with Gasteiger partial charge >= 0.3 is 23.9 Å². The Balaban J connectivity index is 0. The Hall–Kier alpha value is -1.73. The van der Waals surface area contributed by atoms with Crippen LogP contribution in [0.1, 0.15) is 32.1 Å². The van der Waals surface area contributed by atoms with Crippen LogP contribution in [0.4, 0.5) is 0 Å². The molecule has 0 amide bonds. The maximum atomic E-state index is 11.1. The van der Waals surface area contributed by atoms with Gasteiger partial charge in [0.2, 0.25) is 0 Å². The third kappa shape index (κ3) is 9.80. The van der Waals surface area contributed by atoms with Gasteiger partial charge in [0.25, 0.3) is 0 Å². The summed E-state index contributed by atoms with van der Waals surface area (Å²) in [6.07, 6.45) is -3.55. The van der Waals surface area contributed by atoms with Gasteiger partial charge in [0.15, 0.2) is 0 Å². The fourth-order valence-corrected chi connectivity index (χ4v) is 2.41. The molecule has 0 aromatic rings. The predicted molar refractivity (Wildman–Crippen MR) is 69.8 cm³/mol. The molecule has 0 spiro atoms. The third-order valence-corrected chi connectivity index (χ3v) is 2.89. The summed E-state index contributed by atoms with van der Waals surface area (Å²) < 4.78 is 0. The summed E-state index contributed by atoms with van der Waals surface area (Å²) in [5, 5.41) is 26.8. The Morgan fingerprint density at radius 1 is 0.826 bits per heavy atom. The molecule has 0 saturated carbocycles. The summed E-state index contributed by atoms with van der Waals surface area (Å²) in [5.41, 5.74) is 7.66. The number of hydrogen-bond acceptors (Lipinski definition) is 8. The van der Waals surface area contributed by atoms with Crippen LogP contribution in [0, 0.1) is 5.41 Å². The molecule has 0 aliphatic heterocycles. The Labute approximate surface area is 141 Å². The standard InChI is InChI=1S/C11H19N3O8.Co/c12-11(13,4-9(21)22-14)5-10(1-6(15)16,2-7(17)18)3-8(19)20;/h1-5,12-14H2,(H,15,16)(H,17,18)(H,19,20);. The minimum Gasteiger partial charge on any atom is -0.481 e. The molecule has 23 heavy (non-hydrogen) atoms. The number of aliphatic carboxylic acids is 3. The summed E-state index contributed by atoms with van der Waals surface area (Å²) in [6.45, 7) is 0. The molecular weight excluding hydrogens is 361 g/mol. The zero-order valence-corrected chi connectivity index (χ0v) is 13.0. The van der Waals surface area contributed by atoms with Crippen LogP contribution >= 0.6 is 0 Å². The first-order chi connectivity index (χ1) is 9.91. The van der Waals surface area contributed by atoms with Crippen molar-refractivity contribution in [3.63, 3.8) is 0 Å². The quantitative estimate of drug-likeness (QED) is 0.183. The van der Waals surface area contributed by atoms with Crippen LogP contribution in [0.15, 0.2) is 0 Å². The fraction of sp³-hybridized carbons (Fsp3) is 0.636. The van der Waals surface area contributed by atoms with Crippen molar-refractivity contribution in [1.82, 2.24) is 0 Å². The first-order valence-electron chi connectivity index (χ1n) is 6.04. The molecule has 0 unspecified atom stereocenters. The van der Waals surface area contributed by atoms with Gasteiger partial charge in [-0.15, -0.1) is 0 Å². The van der Waals surface area contributed by atoms with E-state index in [0.29, 0.717) is 0 Å². The van der Waals surface area contributed by atoms with Gasteiger partial charge in [0.1, 0.15) is 0 Å². The number of nitrogens with two attached hydrogens (primary N) is 3. The molecule has 0 aromatic heterocycles. The largest absolute Gasteiger partial charge is 0.481 e. The molecule has 0 aromatic carbocycles. The summed E-state index contributed by atoms with van der Waals surface area (Å²) in [7, 11) is 0. The third-order valence-electron chi connectivity index (χ3n) is 2.89. The van der Waals surface area contributed by atoms with Crippen molar-refractivity contribution in [3.8, 4) is 0 Å². The van der Waals surface area contributed by atoms with E-state index in [-0.39, 0.29) is 16.8 Å². The molecule has 12 heteroatoms. The second kappa shape index (κ2) is 9.42. The van der Waals surface area contributed by atoms with Gasteiger partial charge in [-0.1, -0.05) is 0 Å². The Morgan fingerprint density at radius 2 is 1.17 bits per heavy atom. The normalized spacial score (nSPS) is 11.3. The maximum Gasteiger partial charge on any atom is 0.327 e. The Morgan fingerprint density at radius 3 is 1.43 bits per heavy atom. The van der Waals surface area contributed by atoms with Crippen molar-refractivity contribution < 1.29 is 56.1 Å². The number of hydrogen-bond donors (Lipinski definition) is 6. The summed E-state index contributed by atoms with van der Waals surface area (Å²) in [4.78, 5) is 47.9. The second-order valence-corrected chi connectivity index (χ2v) is 5.29. The van der Waals surface area contributed by atoms with Gasteiger partial charge in [-0.2, -0.15) is 5.90 Å². The Bertz CT molecular complexity index is 427. The number of carboxylic acid groups (broad SMARTS) is 3. The summed E-state index contributed by atoms with van der Waals surface area (Å²) >= 11 is 0. The molecule has 0 atom stereocenters. The van der Waals surface area contributed by atoms with Gasteiger partial charge < -0.3 is 31.6 Å². The van der Waals surface area contributed by atoms with Crippen LogP contribution in [0.3, 0.4) is 0 Å². The van der Waals surface area contributed by atoms with E-state index in [2.05, 4.69) is 10.7 Å². The van der Waals surface area contributed by atoms with Crippen molar-refractivity contribution >= 4 is 23.9 Å². The first kappa shape index (κ1) is 23.5. The molecule has 1 radical (unpaired) electrons. The van der Waals surface area contributed by atoms with Crippen molar-refractivity contribution in [2.24, 2.45) is 22.8 Å². The van der Waals surface area contributed by atoms with Gasteiger partial charge in [-0.3, -0.25) is 19.2 Å². The number of carbonyl (C=O) groups is 4. The van der Waals surface area contributed by atoms with Crippen molar-refractivity contribution in [2.75, 3.05) is 0 Å². The molecule has 0 fully saturated rings. The van der Waals surface area contributed by atoms with E-state index in [1.54, 1.807) is 0 Å². The molecule has 0 heterocycles.